The van der Waals surface area contributed by atoms with Crippen molar-refractivity contribution in [2.45, 2.75) is 51.5 Å². The van der Waals surface area contributed by atoms with Gasteiger partial charge in [0.2, 0.25) is 11.8 Å². The van der Waals surface area contributed by atoms with Gasteiger partial charge in [0.05, 0.1) is 27.9 Å². The molecule has 0 aliphatic carbocycles. The molecule has 0 spiro atoms. The number of carbonyl (C=O) groups excluding carboxylic acids is 6. The summed E-state index contributed by atoms with van der Waals surface area (Å²) >= 11 is 1.49. The van der Waals surface area contributed by atoms with Gasteiger partial charge in [0.15, 0.2) is 5.82 Å². The Labute approximate surface area is 320 Å². The number of thiophene rings is 1. The summed E-state index contributed by atoms with van der Waals surface area (Å²) in [6.07, 6.45) is 4.84. The molecule has 3 aromatic carbocycles. The molecule has 1 unspecified atom stereocenters. The van der Waals surface area contributed by atoms with Crippen LogP contribution in [-0.2, 0) is 9.59 Å². The highest BCUT2D eigenvalue weighted by Gasteiger charge is 2.45. The number of unbranched alkanes of at least 4 members (excludes halogenated alkanes) is 3. The number of fused-ring (bicyclic) bond motifs is 2. The maximum absolute atomic E-state index is 13.5. The second-order valence-electron chi connectivity index (χ2n) is 13.4. The van der Waals surface area contributed by atoms with Gasteiger partial charge in [-0.2, -0.15) is 0 Å². The van der Waals surface area contributed by atoms with E-state index in [1.807, 2.05) is 60.8 Å². The van der Waals surface area contributed by atoms with Crippen molar-refractivity contribution >= 4 is 79.7 Å². The molecule has 14 heteroatoms. The van der Waals surface area contributed by atoms with E-state index in [0.29, 0.717) is 41.4 Å². The van der Waals surface area contributed by atoms with Crippen molar-refractivity contribution in [3.05, 3.63) is 112 Å². The molecule has 55 heavy (non-hydrogen) atoms. The van der Waals surface area contributed by atoms with Crippen molar-refractivity contribution in [1.82, 2.24) is 20.5 Å². The summed E-state index contributed by atoms with van der Waals surface area (Å²) in [5.41, 5.74) is 4.03. The number of rotatable bonds is 14. The van der Waals surface area contributed by atoms with Gasteiger partial charge >= 0.3 is 0 Å². The van der Waals surface area contributed by atoms with Gasteiger partial charge in [-0.25, -0.2) is 4.98 Å². The smallest absolute Gasteiger partial charge is 0.264 e. The lowest BCUT2D eigenvalue weighted by molar-refractivity contribution is -0.136. The molecule has 0 bridgehead atoms. The molecular formula is C41H39N7O6S. The SMILES string of the molecule is Cc1ccccc1Nc1ncc(C(=O)NCCCCCCNc2cccc3c2C(=O)N(C2CCC(=O)NC2=O)C3=O)cc1NC(=O)c1csc2ccccc12. The summed E-state index contributed by atoms with van der Waals surface area (Å²) in [4.78, 5) is 82.6. The molecule has 1 atom stereocenters. The number of anilines is 4. The van der Waals surface area contributed by atoms with Crippen molar-refractivity contribution in [3.8, 4) is 0 Å². The summed E-state index contributed by atoms with van der Waals surface area (Å²) in [7, 11) is 0. The molecule has 6 amide bonds. The first kappa shape index (κ1) is 36.9. The Morgan fingerprint density at radius 3 is 2.44 bits per heavy atom. The Hall–Kier alpha value is -6.41. The standard InChI is InChI=1S/C41H39N7O6S/c1-24-11-4-6-14-29(24)45-36-31(46-38(51)28-23-55-33-16-7-5-12-26(28)33)21-25(22-44-36)37(50)43-20-9-3-2-8-19-42-30-15-10-13-27-35(30)41(54)48(40(27)53)32-17-18-34(49)47-39(32)52/h4-7,10-16,21-23,32,42H,2-3,8-9,17-20H2,1H3,(H,43,50)(H,44,45)(H,46,51)(H,47,49,52). The Kier molecular flexibility index (Phi) is 10.9. The van der Waals surface area contributed by atoms with Gasteiger partial charge in [0.25, 0.3) is 23.6 Å². The quantitative estimate of drug-likeness (QED) is 0.0633. The number of hydrogen-bond acceptors (Lipinski definition) is 10. The summed E-state index contributed by atoms with van der Waals surface area (Å²) in [6, 6.07) is 21.0. The van der Waals surface area contributed by atoms with Gasteiger partial charge in [-0.15, -0.1) is 11.3 Å². The van der Waals surface area contributed by atoms with Crippen molar-refractivity contribution in [2.75, 3.05) is 29.0 Å². The summed E-state index contributed by atoms with van der Waals surface area (Å²) in [5.74, 6) is -2.35. The van der Waals surface area contributed by atoms with Crippen LogP contribution >= 0.6 is 11.3 Å². The minimum absolute atomic E-state index is 0.0599. The van der Waals surface area contributed by atoms with Gasteiger partial charge in [-0.1, -0.05) is 55.3 Å². The molecule has 2 aliphatic heterocycles. The van der Waals surface area contributed by atoms with E-state index in [1.54, 1.807) is 24.3 Å². The number of pyridine rings is 1. The number of para-hydroxylation sites is 1. The second kappa shape index (κ2) is 16.3. The largest absolute Gasteiger partial charge is 0.384 e. The van der Waals surface area contributed by atoms with Crippen molar-refractivity contribution in [3.63, 3.8) is 0 Å². The van der Waals surface area contributed by atoms with E-state index in [1.165, 1.54) is 17.5 Å². The maximum Gasteiger partial charge on any atom is 0.264 e. The van der Waals surface area contributed by atoms with Crippen LogP contribution in [-0.4, -0.2) is 64.5 Å². The Bertz CT molecular complexity index is 2340. The first-order valence-corrected chi connectivity index (χ1v) is 19.0. The van der Waals surface area contributed by atoms with Gasteiger partial charge in [0.1, 0.15) is 6.04 Å². The Morgan fingerprint density at radius 2 is 1.62 bits per heavy atom. The minimum atomic E-state index is -1.02. The van der Waals surface area contributed by atoms with Crippen LogP contribution < -0.4 is 26.6 Å². The van der Waals surface area contributed by atoms with Crippen LogP contribution in [0.25, 0.3) is 10.1 Å². The lowest BCUT2D eigenvalue weighted by Crippen LogP contribution is -2.54. The van der Waals surface area contributed by atoms with Gasteiger partial charge in [0, 0.05) is 52.5 Å². The predicted octanol–water partition coefficient (Wildman–Crippen LogP) is 6.40. The molecule has 13 nitrogen and oxygen atoms in total. The molecule has 7 rings (SSSR count). The molecule has 0 radical (unpaired) electrons. The number of carbonyl (C=O) groups is 6. The number of amides is 6. The van der Waals surface area contributed by atoms with E-state index in [0.717, 1.165) is 51.9 Å². The molecule has 5 aromatic rings. The first-order valence-electron chi connectivity index (χ1n) is 18.2. The van der Waals surface area contributed by atoms with E-state index in [9.17, 15) is 28.8 Å². The minimum Gasteiger partial charge on any atom is -0.384 e. The van der Waals surface area contributed by atoms with Crippen LogP contribution in [0.5, 0.6) is 0 Å². The third kappa shape index (κ3) is 7.94. The fraction of sp³-hybridized carbons (Fsp3) is 0.244. The molecule has 2 aliphatic rings. The van der Waals surface area contributed by atoms with Crippen LogP contribution in [0.2, 0.25) is 0 Å². The van der Waals surface area contributed by atoms with E-state index in [-0.39, 0.29) is 35.8 Å². The van der Waals surface area contributed by atoms with E-state index in [2.05, 4.69) is 31.6 Å². The van der Waals surface area contributed by atoms with E-state index < -0.39 is 29.7 Å². The second-order valence-corrected chi connectivity index (χ2v) is 14.3. The highest BCUT2D eigenvalue weighted by molar-refractivity contribution is 7.17. The molecule has 280 valence electrons. The van der Waals surface area contributed by atoms with E-state index in [4.69, 9.17) is 0 Å². The van der Waals surface area contributed by atoms with Gasteiger partial charge in [-0.3, -0.25) is 39.0 Å². The Balaban J connectivity index is 0.910. The van der Waals surface area contributed by atoms with E-state index >= 15 is 0 Å². The Morgan fingerprint density at radius 1 is 0.855 bits per heavy atom. The highest BCUT2D eigenvalue weighted by atomic mass is 32.1. The monoisotopic (exact) mass is 757 g/mol. The summed E-state index contributed by atoms with van der Waals surface area (Å²) < 4.78 is 1.00. The normalized spacial score (nSPS) is 15.1. The highest BCUT2D eigenvalue weighted by Crippen LogP contribution is 2.33. The third-order valence-electron chi connectivity index (χ3n) is 9.69. The number of aromatic nitrogens is 1. The van der Waals surface area contributed by atoms with Crippen LogP contribution in [0.1, 0.15) is 85.5 Å². The zero-order chi connectivity index (χ0) is 38.5. The maximum atomic E-state index is 13.5. The van der Waals surface area contributed by atoms with Gasteiger partial charge < -0.3 is 21.3 Å². The third-order valence-corrected chi connectivity index (χ3v) is 10.7. The molecule has 4 heterocycles. The van der Waals surface area contributed by atoms with Crippen LogP contribution in [0.3, 0.4) is 0 Å². The van der Waals surface area contributed by atoms with Crippen LogP contribution in [0.15, 0.2) is 84.4 Å². The number of nitrogens with zero attached hydrogens (tertiary/aromatic N) is 2. The predicted molar refractivity (Wildman–Crippen MR) is 211 cm³/mol. The fourth-order valence-electron chi connectivity index (χ4n) is 6.76. The molecule has 5 N–H and O–H groups in total. The first-order chi connectivity index (χ1) is 26.7. The zero-order valence-corrected chi connectivity index (χ0v) is 30.9. The summed E-state index contributed by atoms with van der Waals surface area (Å²) in [6.45, 7) is 2.96. The number of imide groups is 2. The number of aryl methyl sites for hydroxylation is 1. The molecule has 1 fully saturated rings. The zero-order valence-electron chi connectivity index (χ0n) is 30.1. The number of hydrogen-bond donors (Lipinski definition) is 5. The average molecular weight is 758 g/mol. The molecule has 0 saturated carbocycles. The average Bonchev–Trinajstić information content (AvgIpc) is 3.73. The topological polar surface area (TPSA) is 179 Å². The van der Waals surface area contributed by atoms with Crippen LogP contribution in [0, 0.1) is 6.92 Å². The van der Waals surface area contributed by atoms with Crippen LogP contribution in [0.4, 0.5) is 22.9 Å². The number of piperidine rings is 1. The molecular weight excluding hydrogens is 719 g/mol. The number of benzene rings is 3. The lowest BCUT2D eigenvalue weighted by Gasteiger charge is -2.27. The fourth-order valence-corrected chi connectivity index (χ4v) is 7.70. The van der Waals surface area contributed by atoms with Gasteiger partial charge in [-0.05, 0) is 62.1 Å². The molecule has 1 saturated heterocycles. The van der Waals surface area contributed by atoms with Crippen molar-refractivity contribution in [1.29, 1.82) is 0 Å². The molecule has 2 aromatic heterocycles. The summed E-state index contributed by atoms with van der Waals surface area (Å²) in [5, 5.41) is 17.4. The van der Waals surface area contributed by atoms with Crippen molar-refractivity contribution in [2.24, 2.45) is 0 Å². The van der Waals surface area contributed by atoms with Crippen molar-refractivity contribution < 1.29 is 28.8 Å². The lowest BCUT2D eigenvalue weighted by atomic mass is 10.0. The number of nitrogens with one attached hydrogen (secondary N) is 5.